The van der Waals surface area contributed by atoms with Crippen molar-refractivity contribution in [3.63, 3.8) is 0 Å². The topological polar surface area (TPSA) is 20.3 Å². The number of carbonyl (C=O) groups is 1. The largest absolute Gasteiger partial charge is 0.292 e. The van der Waals surface area contributed by atoms with Crippen molar-refractivity contribution in [1.82, 2.24) is 4.90 Å². The van der Waals surface area contributed by atoms with Gasteiger partial charge >= 0.3 is 0 Å². The first-order valence-corrected chi connectivity index (χ1v) is 7.75. The van der Waals surface area contributed by atoms with E-state index in [1.165, 1.54) is 18.2 Å². The molecule has 0 spiro atoms. The van der Waals surface area contributed by atoms with E-state index in [9.17, 15) is 4.79 Å². The number of carbonyl (C=O) groups excluding carboxylic acids is 1. The molecule has 3 heteroatoms. The highest BCUT2D eigenvalue weighted by Crippen LogP contribution is 2.30. The Morgan fingerprint density at radius 1 is 1.21 bits per heavy atom. The Kier molecular flexibility index (Phi) is 3.19. The highest BCUT2D eigenvalue weighted by atomic mass is 32.1. The zero-order valence-corrected chi connectivity index (χ0v) is 12.3. The van der Waals surface area contributed by atoms with E-state index < -0.39 is 5.54 Å². The lowest BCUT2D eigenvalue weighted by Crippen LogP contribution is -2.48. The monoisotopic (exact) mass is 273 g/mol. The van der Waals surface area contributed by atoms with E-state index in [1.54, 1.807) is 11.3 Å². The third-order valence-electron chi connectivity index (χ3n) is 4.18. The molecule has 2 nitrogen and oxygen atoms in total. The van der Waals surface area contributed by atoms with Gasteiger partial charge < -0.3 is 0 Å². The first-order chi connectivity index (χ1) is 9.10. The minimum Gasteiger partial charge on any atom is -0.292 e. The highest BCUT2D eigenvalue weighted by Gasteiger charge is 2.37. The number of ketones is 1. The smallest absolute Gasteiger partial charge is 0.183 e. The van der Waals surface area contributed by atoms with Crippen molar-refractivity contribution in [2.45, 2.75) is 32.2 Å². The number of fused-ring (bicyclic) bond motifs is 1. The van der Waals surface area contributed by atoms with E-state index in [0.29, 0.717) is 0 Å². The second kappa shape index (κ2) is 4.73. The van der Waals surface area contributed by atoms with Crippen LogP contribution in [0, 0.1) is 0 Å². The Balaban J connectivity index is 2.01. The molecule has 1 aromatic heterocycles. The Labute approximate surface area is 118 Å². The van der Waals surface area contributed by atoms with Crippen molar-refractivity contribution in [3.05, 3.63) is 35.2 Å². The normalized spacial score (nSPS) is 17.2. The van der Waals surface area contributed by atoms with Gasteiger partial charge in [-0.3, -0.25) is 9.69 Å². The number of nitrogens with zero attached hydrogens (tertiary/aromatic N) is 1. The molecular weight excluding hydrogens is 254 g/mol. The quantitative estimate of drug-likeness (QED) is 0.789. The molecule has 0 amide bonds. The van der Waals surface area contributed by atoms with Crippen LogP contribution in [-0.4, -0.2) is 29.3 Å². The van der Waals surface area contributed by atoms with E-state index in [0.717, 1.165) is 23.4 Å². The molecule has 1 aliphatic heterocycles. The molecule has 100 valence electrons. The summed E-state index contributed by atoms with van der Waals surface area (Å²) in [5, 5.41) is 3.23. The van der Waals surface area contributed by atoms with Crippen molar-refractivity contribution in [3.8, 4) is 0 Å². The van der Waals surface area contributed by atoms with Crippen molar-refractivity contribution < 1.29 is 4.79 Å². The molecule has 0 atom stereocenters. The molecule has 0 aliphatic carbocycles. The van der Waals surface area contributed by atoms with Gasteiger partial charge in [0, 0.05) is 10.3 Å². The molecule has 0 N–H and O–H groups in total. The summed E-state index contributed by atoms with van der Waals surface area (Å²) in [6.45, 7) is 6.21. The molecule has 0 bridgehead atoms. The van der Waals surface area contributed by atoms with Crippen LogP contribution in [-0.2, 0) is 0 Å². The molecule has 1 aromatic carbocycles. The predicted molar refractivity (Wildman–Crippen MR) is 81.0 cm³/mol. The number of hydrogen-bond acceptors (Lipinski definition) is 3. The maximum atomic E-state index is 12.9. The zero-order valence-electron chi connectivity index (χ0n) is 11.5. The van der Waals surface area contributed by atoms with Crippen LogP contribution in [0.4, 0.5) is 0 Å². The summed E-state index contributed by atoms with van der Waals surface area (Å²) in [5.74, 6) is 0.252. The SMILES string of the molecule is CC(C)(C(=O)c1cccc2ccsc12)N1CCCC1. The summed E-state index contributed by atoms with van der Waals surface area (Å²) in [7, 11) is 0. The summed E-state index contributed by atoms with van der Waals surface area (Å²) in [6.07, 6.45) is 2.42. The summed E-state index contributed by atoms with van der Waals surface area (Å²) in [4.78, 5) is 15.3. The Morgan fingerprint density at radius 2 is 1.95 bits per heavy atom. The molecule has 2 aromatic rings. The molecule has 2 heterocycles. The maximum Gasteiger partial charge on any atom is 0.183 e. The van der Waals surface area contributed by atoms with Gasteiger partial charge in [-0.1, -0.05) is 12.1 Å². The van der Waals surface area contributed by atoms with E-state index in [1.807, 2.05) is 12.1 Å². The van der Waals surface area contributed by atoms with Gasteiger partial charge in [0.25, 0.3) is 0 Å². The van der Waals surface area contributed by atoms with Crippen LogP contribution < -0.4 is 0 Å². The molecule has 0 unspecified atom stereocenters. The second-order valence-electron chi connectivity index (χ2n) is 5.73. The van der Waals surface area contributed by atoms with Gasteiger partial charge in [-0.05, 0) is 62.7 Å². The van der Waals surface area contributed by atoms with E-state index in [4.69, 9.17) is 0 Å². The van der Waals surface area contributed by atoms with Gasteiger partial charge in [0.2, 0.25) is 0 Å². The third-order valence-corrected chi connectivity index (χ3v) is 5.14. The standard InChI is InChI=1S/C16H19NOS/c1-16(2,17-9-3-4-10-17)15(18)13-7-5-6-12-8-11-19-14(12)13/h5-8,11H,3-4,9-10H2,1-2H3. The molecule has 1 saturated heterocycles. The molecule has 0 saturated carbocycles. The van der Waals surface area contributed by atoms with Gasteiger partial charge in [-0.25, -0.2) is 0 Å². The van der Waals surface area contributed by atoms with E-state index >= 15 is 0 Å². The molecule has 1 aliphatic rings. The first-order valence-electron chi connectivity index (χ1n) is 6.87. The fourth-order valence-corrected chi connectivity index (χ4v) is 3.83. The molecule has 1 fully saturated rings. The molecule has 3 rings (SSSR count). The zero-order chi connectivity index (χ0) is 13.5. The summed E-state index contributed by atoms with van der Waals surface area (Å²) >= 11 is 1.66. The van der Waals surface area contributed by atoms with Crippen molar-refractivity contribution in [1.29, 1.82) is 0 Å². The van der Waals surface area contributed by atoms with Gasteiger partial charge in [0.1, 0.15) is 0 Å². The van der Waals surface area contributed by atoms with Crippen LogP contribution in [0.5, 0.6) is 0 Å². The van der Waals surface area contributed by atoms with Crippen LogP contribution in [0.15, 0.2) is 29.6 Å². The Morgan fingerprint density at radius 3 is 2.68 bits per heavy atom. The molecule has 0 radical (unpaired) electrons. The number of likely N-dealkylation sites (tertiary alicyclic amines) is 1. The average Bonchev–Trinajstić information content (AvgIpc) is 3.07. The number of benzene rings is 1. The molecule has 19 heavy (non-hydrogen) atoms. The van der Waals surface area contributed by atoms with Gasteiger partial charge in [-0.2, -0.15) is 0 Å². The van der Waals surface area contributed by atoms with Crippen molar-refractivity contribution >= 4 is 27.2 Å². The van der Waals surface area contributed by atoms with Crippen LogP contribution in [0.3, 0.4) is 0 Å². The van der Waals surface area contributed by atoms with Crippen molar-refractivity contribution in [2.75, 3.05) is 13.1 Å². The number of hydrogen-bond donors (Lipinski definition) is 0. The summed E-state index contributed by atoms with van der Waals surface area (Å²) < 4.78 is 1.12. The summed E-state index contributed by atoms with van der Waals surface area (Å²) in [6, 6.07) is 8.12. The predicted octanol–water partition coefficient (Wildman–Crippen LogP) is 3.96. The lowest BCUT2D eigenvalue weighted by Gasteiger charge is -2.34. The van der Waals surface area contributed by atoms with E-state index in [2.05, 4.69) is 36.3 Å². The Bertz CT molecular complexity index is 608. The number of rotatable bonds is 3. The van der Waals surface area contributed by atoms with Crippen LogP contribution in [0.1, 0.15) is 37.0 Å². The lowest BCUT2D eigenvalue weighted by atomic mass is 9.91. The fourth-order valence-electron chi connectivity index (χ4n) is 2.92. The van der Waals surface area contributed by atoms with E-state index in [-0.39, 0.29) is 5.78 Å². The fraction of sp³-hybridized carbons (Fsp3) is 0.438. The Hall–Kier alpha value is -1.19. The van der Waals surface area contributed by atoms with Gasteiger partial charge in [0.15, 0.2) is 5.78 Å². The number of thiophene rings is 1. The van der Waals surface area contributed by atoms with Crippen LogP contribution in [0.2, 0.25) is 0 Å². The maximum absolute atomic E-state index is 12.9. The first kappa shape index (κ1) is 12.8. The lowest BCUT2D eigenvalue weighted by molar-refractivity contribution is 0.0704. The minimum atomic E-state index is -0.394. The third kappa shape index (κ3) is 2.11. The number of Topliss-reactive ketones (excluding diaryl/α,β-unsaturated/α-hetero) is 1. The summed E-state index contributed by atoms with van der Waals surface area (Å²) in [5.41, 5.74) is 0.485. The van der Waals surface area contributed by atoms with Crippen LogP contribution in [0.25, 0.3) is 10.1 Å². The minimum absolute atomic E-state index is 0.252. The second-order valence-corrected chi connectivity index (χ2v) is 6.64. The average molecular weight is 273 g/mol. The van der Waals surface area contributed by atoms with Gasteiger partial charge in [-0.15, -0.1) is 11.3 Å². The van der Waals surface area contributed by atoms with Crippen molar-refractivity contribution in [2.24, 2.45) is 0 Å². The highest BCUT2D eigenvalue weighted by molar-refractivity contribution is 7.17. The van der Waals surface area contributed by atoms with Crippen LogP contribution >= 0.6 is 11.3 Å². The molecular formula is C16H19NOS. The van der Waals surface area contributed by atoms with Gasteiger partial charge in [0.05, 0.1) is 5.54 Å².